The average Bonchev–Trinajstić information content (AvgIpc) is 3.15. The summed E-state index contributed by atoms with van der Waals surface area (Å²) in [5, 5.41) is 17.0. The molecule has 160 valence electrons. The number of amides is 2. The number of nitrogens with zero attached hydrogens (tertiary/aromatic N) is 5. The Morgan fingerprint density at radius 2 is 1.97 bits per heavy atom. The second kappa shape index (κ2) is 8.42. The highest BCUT2D eigenvalue weighted by Crippen LogP contribution is 2.26. The van der Waals surface area contributed by atoms with Crippen LogP contribution in [0.3, 0.4) is 0 Å². The van der Waals surface area contributed by atoms with Crippen LogP contribution in [0.1, 0.15) is 47.2 Å². The van der Waals surface area contributed by atoms with E-state index in [2.05, 4.69) is 20.4 Å². The molecule has 2 N–H and O–H groups in total. The van der Waals surface area contributed by atoms with Gasteiger partial charge in [0, 0.05) is 43.0 Å². The van der Waals surface area contributed by atoms with Crippen molar-refractivity contribution in [3.05, 3.63) is 54.1 Å². The first-order chi connectivity index (χ1) is 14.9. The van der Waals surface area contributed by atoms with Crippen LogP contribution in [-0.4, -0.2) is 54.7 Å². The molecular weight excluding hydrogens is 400 g/mol. The van der Waals surface area contributed by atoms with Crippen LogP contribution in [-0.2, 0) is 0 Å². The Bertz CT molecular complexity index is 1110. The number of aromatic nitrogens is 4. The number of rotatable bonds is 6. The van der Waals surface area contributed by atoms with E-state index in [1.165, 1.54) is 30.6 Å². The normalized spacial score (nSPS) is 13.1. The number of ether oxygens (including phenoxy) is 1. The van der Waals surface area contributed by atoms with Gasteiger partial charge in [-0.1, -0.05) is 0 Å². The topological polar surface area (TPSA) is 122 Å². The lowest BCUT2D eigenvalue weighted by Gasteiger charge is -2.30. The summed E-state index contributed by atoms with van der Waals surface area (Å²) in [6.07, 6.45) is 5.44. The Morgan fingerprint density at radius 3 is 2.58 bits per heavy atom. The number of phenols is 1. The first kappa shape index (κ1) is 20.3. The minimum absolute atomic E-state index is 0.132. The standard InChI is InChI=1S/C21H22N6O4/c1-13(2)27-7-4-18(25-27)24-20(29)14-8-15(28)10-16(9-14)31-19-12-22-17(11-23-19)21(30)26-5-3-6-26/h4,7-13,28H,3,5-6H2,1-2H3,(H,24,25,29). The lowest BCUT2D eigenvalue weighted by atomic mass is 10.2. The van der Waals surface area contributed by atoms with Gasteiger partial charge in [0.05, 0.1) is 12.4 Å². The molecule has 0 radical (unpaired) electrons. The maximum Gasteiger partial charge on any atom is 0.274 e. The molecule has 1 aliphatic rings. The molecule has 10 heteroatoms. The van der Waals surface area contributed by atoms with E-state index in [0.717, 1.165) is 19.5 Å². The number of anilines is 1. The van der Waals surface area contributed by atoms with Gasteiger partial charge in [-0.3, -0.25) is 14.3 Å². The molecule has 2 amide bonds. The summed E-state index contributed by atoms with van der Waals surface area (Å²) in [5.41, 5.74) is 0.426. The first-order valence-corrected chi connectivity index (χ1v) is 9.89. The maximum atomic E-state index is 12.6. The van der Waals surface area contributed by atoms with Gasteiger partial charge in [-0.15, -0.1) is 0 Å². The highest BCUT2D eigenvalue weighted by molar-refractivity contribution is 6.04. The van der Waals surface area contributed by atoms with E-state index in [0.29, 0.717) is 5.82 Å². The minimum Gasteiger partial charge on any atom is -0.508 e. The zero-order valence-corrected chi connectivity index (χ0v) is 17.1. The number of nitrogens with one attached hydrogen (secondary N) is 1. The summed E-state index contributed by atoms with van der Waals surface area (Å²) in [6, 6.07) is 6.00. The van der Waals surface area contributed by atoms with Crippen LogP contribution < -0.4 is 10.1 Å². The Hall–Kier alpha value is -3.95. The summed E-state index contributed by atoms with van der Waals surface area (Å²) in [6.45, 7) is 5.41. The minimum atomic E-state index is -0.448. The number of carbonyl (C=O) groups excluding carboxylic acids is 2. The van der Waals surface area contributed by atoms with Crippen molar-refractivity contribution in [2.75, 3.05) is 18.4 Å². The molecule has 2 aromatic heterocycles. The molecule has 10 nitrogen and oxygen atoms in total. The van der Waals surface area contributed by atoms with Crippen LogP contribution >= 0.6 is 0 Å². The number of hydrogen-bond donors (Lipinski definition) is 2. The smallest absolute Gasteiger partial charge is 0.274 e. The summed E-state index contributed by atoms with van der Waals surface area (Å²) in [5.74, 6) is -0.0228. The van der Waals surface area contributed by atoms with Gasteiger partial charge in [0.1, 0.15) is 17.2 Å². The predicted octanol–water partition coefficient (Wildman–Crippen LogP) is 2.85. The van der Waals surface area contributed by atoms with E-state index >= 15 is 0 Å². The number of likely N-dealkylation sites (tertiary alicyclic amines) is 1. The third-order valence-electron chi connectivity index (χ3n) is 4.75. The van der Waals surface area contributed by atoms with Gasteiger partial charge >= 0.3 is 0 Å². The monoisotopic (exact) mass is 422 g/mol. The summed E-state index contributed by atoms with van der Waals surface area (Å²) < 4.78 is 7.34. The first-order valence-electron chi connectivity index (χ1n) is 9.89. The van der Waals surface area contributed by atoms with Crippen molar-refractivity contribution >= 4 is 17.6 Å². The summed E-state index contributed by atoms with van der Waals surface area (Å²) in [7, 11) is 0. The van der Waals surface area contributed by atoms with Crippen LogP contribution in [0, 0.1) is 0 Å². The Balaban J connectivity index is 1.45. The number of carbonyl (C=O) groups is 2. The number of benzene rings is 1. The van der Waals surface area contributed by atoms with Gasteiger partial charge in [0.15, 0.2) is 5.82 Å². The zero-order valence-electron chi connectivity index (χ0n) is 17.1. The predicted molar refractivity (Wildman–Crippen MR) is 111 cm³/mol. The molecule has 0 saturated carbocycles. The highest BCUT2D eigenvalue weighted by atomic mass is 16.5. The quantitative estimate of drug-likeness (QED) is 0.626. The molecule has 1 saturated heterocycles. The lowest BCUT2D eigenvalue weighted by molar-refractivity contribution is 0.0645. The molecule has 0 atom stereocenters. The van der Waals surface area contributed by atoms with E-state index in [1.54, 1.807) is 21.8 Å². The van der Waals surface area contributed by atoms with Gasteiger partial charge in [-0.25, -0.2) is 9.97 Å². The van der Waals surface area contributed by atoms with Crippen molar-refractivity contribution in [1.29, 1.82) is 0 Å². The van der Waals surface area contributed by atoms with Crippen molar-refractivity contribution in [2.45, 2.75) is 26.3 Å². The van der Waals surface area contributed by atoms with E-state index < -0.39 is 5.91 Å². The third kappa shape index (κ3) is 4.63. The van der Waals surface area contributed by atoms with Crippen molar-refractivity contribution in [3.8, 4) is 17.4 Å². The molecule has 31 heavy (non-hydrogen) atoms. The fourth-order valence-electron chi connectivity index (χ4n) is 2.94. The van der Waals surface area contributed by atoms with Gasteiger partial charge in [0.25, 0.3) is 11.8 Å². The van der Waals surface area contributed by atoms with Crippen LogP contribution in [0.25, 0.3) is 0 Å². The van der Waals surface area contributed by atoms with Crippen molar-refractivity contribution in [3.63, 3.8) is 0 Å². The highest BCUT2D eigenvalue weighted by Gasteiger charge is 2.23. The fraction of sp³-hybridized carbons (Fsp3) is 0.286. The van der Waals surface area contributed by atoms with Gasteiger partial charge < -0.3 is 20.1 Å². The average molecular weight is 422 g/mol. The fourth-order valence-corrected chi connectivity index (χ4v) is 2.94. The molecule has 1 aliphatic heterocycles. The summed E-state index contributed by atoms with van der Waals surface area (Å²) in [4.78, 5) is 34.6. The molecule has 0 aliphatic carbocycles. The molecule has 3 heterocycles. The molecule has 1 aromatic carbocycles. The molecular formula is C21H22N6O4. The zero-order chi connectivity index (χ0) is 22.0. The van der Waals surface area contributed by atoms with E-state index in [-0.39, 0.29) is 40.6 Å². The van der Waals surface area contributed by atoms with Crippen LogP contribution in [0.2, 0.25) is 0 Å². The summed E-state index contributed by atoms with van der Waals surface area (Å²) >= 11 is 0. The molecule has 0 spiro atoms. The molecule has 3 aromatic rings. The van der Waals surface area contributed by atoms with Crippen LogP contribution in [0.4, 0.5) is 5.82 Å². The van der Waals surface area contributed by atoms with E-state index in [1.807, 2.05) is 13.8 Å². The Labute approximate surface area is 178 Å². The number of hydrogen-bond acceptors (Lipinski definition) is 7. The van der Waals surface area contributed by atoms with Crippen LogP contribution in [0.5, 0.6) is 17.4 Å². The SMILES string of the molecule is CC(C)n1ccc(NC(=O)c2cc(O)cc(Oc3cnc(C(=O)N4CCC4)cn3)c2)n1. The van der Waals surface area contributed by atoms with E-state index in [4.69, 9.17) is 4.74 Å². The third-order valence-corrected chi connectivity index (χ3v) is 4.75. The second-order valence-electron chi connectivity index (χ2n) is 7.43. The number of aromatic hydroxyl groups is 1. The Morgan fingerprint density at radius 1 is 1.16 bits per heavy atom. The van der Waals surface area contributed by atoms with Crippen molar-refractivity contribution in [2.24, 2.45) is 0 Å². The van der Waals surface area contributed by atoms with Gasteiger partial charge in [-0.2, -0.15) is 5.10 Å². The van der Waals surface area contributed by atoms with Gasteiger partial charge in [-0.05, 0) is 32.4 Å². The molecule has 1 fully saturated rings. The number of phenolic OH excluding ortho intramolecular Hbond substituents is 1. The van der Waals surface area contributed by atoms with Crippen molar-refractivity contribution < 1.29 is 19.4 Å². The molecule has 4 rings (SSSR count). The van der Waals surface area contributed by atoms with E-state index in [9.17, 15) is 14.7 Å². The van der Waals surface area contributed by atoms with Gasteiger partial charge in [0.2, 0.25) is 5.88 Å². The Kier molecular flexibility index (Phi) is 5.52. The van der Waals surface area contributed by atoms with Crippen LogP contribution in [0.15, 0.2) is 42.9 Å². The molecule has 0 unspecified atom stereocenters. The largest absolute Gasteiger partial charge is 0.508 e. The lowest BCUT2D eigenvalue weighted by Crippen LogP contribution is -2.42. The maximum absolute atomic E-state index is 12.6. The molecule has 0 bridgehead atoms. The second-order valence-corrected chi connectivity index (χ2v) is 7.43. The van der Waals surface area contributed by atoms with Crippen molar-refractivity contribution in [1.82, 2.24) is 24.6 Å².